The van der Waals surface area contributed by atoms with Crippen LogP contribution in [0.15, 0.2) is 28.7 Å². The third kappa shape index (κ3) is 2.54. The molecule has 0 bridgehead atoms. The van der Waals surface area contributed by atoms with Crippen molar-refractivity contribution in [3.05, 3.63) is 35.8 Å². The van der Waals surface area contributed by atoms with Crippen LogP contribution in [0.25, 0.3) is 11.0 Å². The lowest BCUT2D eigenvalue weighted by Gasteiger charge is -2.15. The number of carbonyl (C=O) groups is 1. The summed E-state index contributed by atoms with van der Waals surface area (Å²) in [5, 5.41) is 0.627. The summed E-state index contributed by atoms with van der Waals surface area (Å²) >= 11 is 0. The van der Waals surface area contributed by atoms with Crippen LogP contribution in [-0.4, -0.2) is 5.78 Å². The molecule has 0 aliphatic carbocycles. The third-order valence-electron chi connectivity index (χ3n) is 2.46. The Bertz CT molecular complexity index is 561. The zero-order valence-corrected chi connectivity index (χ0v) is 10.2. The molecule has 0 fully saturated rings. The number of rotatable bonds is 2. The summed E-state index contributed by atoms with van der Waals surface area (Å²) in [6.45, 7) is 5.94. The Balaban J connectivity index is 2.37. The minimum absolute atomic E-state index is 0.0897. The number of para-hydroxylation sites is 1. The van der Waals surface area contributed by atoms with E-state index in [-0.39, 0.29) is 22.5 Å². The van der Waals surface area contributed by atoms with Gasteiger partial charge in [0.25, 0.3) is 0 Å². The molecular formula is C14H15FO2. The SMILES string of the molecule is CC(C)(C)CC(=O)c1cc2cccc(F)c2o1. The van der Waals surface area contributed by atoms with Crippen LogP contribution in [0.5, 0.6) is 0 Å². The largest absolute Gasteiger partial charge is 0.450 e. The molecule has 0 atom stereocenters. The van der Waals surface area contributed by atoms with Crippen LogP contribution in [-0.2, 0) is 0 Å². The highest BCUT2D eigenvalue weighted by Gasteiger charge is 2.20. The molecule has 0 aliphatic rings. The Morgan fingerprint density at radius 2 is 2.06 bits per heavy atom. The molecular weight excluding hydrogens is 219 g/mol. The zero-order chi connectivity index (χ0) is 12.6. The average Bonchev–Trinajstić information content (AvgIpc) is 2.60. The fourth-order valence-corrected chi connectivity index (χ4v) is 1.73. The van der Waals surface area contributed by atoms with Crippen molar-refractivity contribution in [2.45, 2.75) is 27.2 Å². The Kier molecular flexibility index (Phi) is 2.77. The number of halogens is 1. The lowest BCUT2D eigenvalue weighted by molar-refractivity contribution is 0.0914. The molecule has 0 saturated heterocycles. The predicted molar refractivity (Wildman–Crippen MR) is 64.6 cm³/mol. The van der Waals surface area contributed by atoms with E-state index in [1.54, 1.807) is 18.2 Å². The van der Waals surface area contributed by atoms with Gasteiger partial charge in [-0.3, -0.25) is 4.79 Å². The molecule has 0 aliphatic heterocycles. The van der Waals surface area contributed by atoms with E-state index in [9.17, 15) is 9.18 Å². The quantitative estimate of drug-likeness (QED) is 0.729. The van der Waals surface area contributed by atoms with E-state index in [0.717, 1.165) is 0 Å². The molecule has 0 spiro atoms. The summed E-state index contributed by atoms with van der Waals surface area (Å²) < 4.78 is 18.7. The second-order valence-corrected chi connectivity index (χ2v) is 5.43. The van der Waals surface area contributed by atoms with Gasteiger partial charge >= 0.3 is 0 Å². The second-order valence-electron chi connectivity index (χ2n) is 5.43. The van der Waals surface area contributed by atoms with Crippen molar-refractivity contribution >= 4 is 16.8 Å². The van der Waals surface area contributed by atoms with E-state index < -0.39 is 5.82 Å². The van der Waals surface area contributed by atoms with Crippen LogP contribution in [0.2, 0.25) is 0 Å². The van der Waals surface area contributed by atoms with Crippen LogP contribution in [0.3, 0.4) is 0 Å². The maximum atomic E-state index is 13.4. The van der Waals surface area contributed by atoms with E-state index in [1.807, 2.05) is 20.8 Å². The first kappa shape index (κ1) is 11.8. The third-order valence-corrected chi connectivity index (χ3v) is 2.46. The number of ketones is 1. The van der Waals surface area contributed by atoms with Gasteiger partial charge in [0.05, 0.1) is 0 Å². The first-order chi connectivity index (χ1) is 7.87. The van der Waals surface area contributed by atoms with Crippen molar-refractivity contribution in [2.24, 2.45) is 5.41 Å². The molecule has 2 rings (SSSR count). The monoisotopic (exact) mass is 234 g/mol. The summed E-state index contributed by atoms with van der Waals surface area (Å²) in [4.78, 5) is 11.9. The maximum absolute atomic E-state index is 13.4. The van der Waals surface area contributed by atoms with E-state index in [1.165, 1.54) is 6.07 Å². The highest BCUT2D eigenvalue weighted by Crippen LogP contribution is 2.26. The van der Waals surface area contributed by atoms with Gasteiger partial charge in [-0.05, 0) is 17.5 Å². The van der Waals surface area contributed by atoms with Crippen molar-refractivity contribution in [3.63, 3.8) is 0 Å². The van der Waals surface area contributed by atoms with Crippen LogP contribution >= 0.6 is 0 Å². The van der Waals surface area contributed by atoms with Gasteiger partial charge in [0.1, 0.15) is 0 Å². The molecule has 1 aromatic heterocycles. The fourth-order valence-electron chi connectivity index (χ4n) is 1.73. The molecule has 17 heavy (non-hydrogen) atoms. The first-order valence-corrected chi connectivity index (χ1v) is 5.58. The summed E-state index contributed by atoms with van der Waals surface area (Å²) in [6, 6.07) is 6.26. The molecule has 3 heteroatoms. The molecule has 0 unspecified atom stereocenters. The maximum Gasteiger partial charge on any atom is 0.198 e. The average molecular weight is 234 g/mol. The Labute approximate surface area is 99.4 Å². The van der Waals surface area contributed by atoms with E-state index in [2.05, 4.69) is 0 Å². The molecule has 90 valence electrons. The summed E-state index contributed by atoms with van der Waals surface area (Å²) in [7, 11) is 0. The number of carbonyl (C=O) groups excluding carboxylic acids is 1. The number of hydrogen-bond acceptors (Lipinski definition) is 2. The van der Waals surface area contributed by atoms with Gasteiger partial charge in [-0.15, -0.1) is 0 Å². The first-order valence-electron chi connectivity index (χ1n) is 5.58. The Morgan fingerprint density at radius 1 is 1.35 bits per heavy atom. The molecule has 2 aromatic rings. The van der Waals surface area contributed by atoms with Crippen LogP contribution in [0, 0.1) is 11.2 Å². The van der Waals surface area contributed by atoms with Crippen molar-refractivity contribution in [1.29, 1.82) is 0 Å². The van der Waals surface area contributed by atoms with Crippen LogP contribution in [0.1, 0.15) is 37.7 Å². The fraction of sp³-hybridized carbons (Fsp3) is 0.357. The number of hydrogen-bond donors (Lipinski definition) is 0. The molecule has 0 amide bonds. The Morgan fingerprint density at radius 3 is 2.65 bits per heavy atom. The highest BCUT2D eigenvalue weighted by molar-refractivity contribution is 5.97. The number of fused-ring (bicyclic) bond motifs is 1. The van der Waals surface area contributed by atoms with E-state index >= 15 is 0 Å². The number of furan rings is 1. The van der Waals surface area contributed by atoms with E-state index in [4.69, 9.17) is 4.42 Å². The summed E-state index contributed by atoms with van der Waals surface area (Å²) in [5.74, 6) is -0.287. The van der Waals surface area contributed by atoms with Crippen molar-refractivity contribution in [1.82, 2.24) is 0 Å². The van der Waals surface area contributed by atoms with Crippen molar-refractivity contribution < 1.29 is 13.6 Å². The van der Waals surface area contributed by atoms with Crippen molar-refractivity contribution in [3.8, 4) is 0 Å². The minimum atomic E-state index is -0.433. The Hall–Kier alpha value is -1.64. The molecule has 1 aromatic carbocycles. The second kappa shape index (κ2) is 3.99. The predicted octanol–water partition coefficient (Wildman–Crippen LogP) is 4.19. The van der Waals surface area contributed by atoms with Gasteiger partial charge < -0.3 is 4.42 Å². The van der Waals surface area contributed by atoms with Gasteiger partial charge in [0.2, 0.25) is 0 Å². The molecule has 0 N–H and O–H groups in total. The lowest BCUT2D eigenvalue weighted by atomic mass is 9.89. The number of benzene rings is 1. The van der Waals surface area contributed by atoms with Crippen LogP contribution < -0.4 is 0 Å². The summed E-state index contributed by atoms with van der Waals surface area (Å²) in [6.07, 6.45) is 0.383. The molecule has 2 nitrogen and oxygen atoms in total. The van der Waals surface area contributed by atoms with Gasteiger partial charge in [0, 0.05) is 11.8 Å². The standard InChI is InChI=1S/C14H15FO2/c1-14(2,3)8-11(16)12-7-9-5-4-6-10(15)13(9)17-12/h4-7H,8H2,1-3H3. The lowest BCUT2D eigenvalue weighted by Crippen LogP contribution is -2.12. The van der Waals surface area contributed by atoms with E-state index in [0.29, 0.717) is 11.8 Å². The molecule has 1 heterocycles. The van der Waals surface area contributed by atoms with Gasteiger partial charge in [-0.25, -0.2) is 4.39 Å². The highest BCUT2D eigenvalue weighted by atomic mass is 19.1. The summed E-state index contributed by atoms with van der Waals surface area (Å²) in [5.41, 5.74) is 0.0546. The van der Waals surface area contributed by atoms with Gasteiger partial charge in [-0.1, -0.05) is 32.9 Å². The van der Waals surface area contributed by atoms with Gasteiger partial charge in [-0.2, -0.15) is 0 Å². The minimum Gasteiger partial charge on any atom is -0.450 e. The molecule has 0 radical (unpaired) electrons. The van der Waals surface area contributed by atoms with Crippen molar-refractivity contribution in [2.75, 3.05) is 0 Å². The number of Topliss-reactive ketones (excluding diaryl/α,β-unsaturated/α-hetero) is 1. The zero-order valence-electron chi connectivity index (χ0n) is 10.2. The topological polar surface area (TPSA) is 30.2 Å². The van der Waals surface area contributed by atoms with Crippen LogP contribution in [0.4, 0.5) is 4.39 Å². The normalized spacial score (nSPS) is 12.0. The van der Waals surface area contributed by atoms with Gasteiger partial charge in [0.15, 0.2) is 22.9 Å². The molecule has 0 saturated carbocycles. The smallest absolute Gasteiger partial charge is 0.198 e.